The topological polar surface area (TPSA) is 100 Å². The fourth-order valence-corrected chi connectivity index (χ4v) is 4.86. The van der Waals surface area contributed by atoms with Gasteiger partial charge >= 0.3 is 0 Å². The van der Waals surface area contributed by atoms with Crippen molar-refractivity contribution in [3.63, 3.8) is 0 Å². The minimum Gasteiger partial charge on any atom is -0.504 e. The van der Waals surface area contributed by atoms with Gasteiger partial charge in [-0.1, -0.05) is 25.7 Å². The van der Waals surface area contributed by atoms with Crippen molar-refractivity contribution in [1.82, 2.24) is 25.1 Å². The molecule has 29 heavy (non-hydrogen) atoms. The molecular weight excluding hydrogens is 388 g/mol. The Balaban J connectivity index is 1.55. The summed E-state index contributed by atoms with van der Waals surface area (Å²) in [5.74, 6) is 2.65. The Labute approximate surface area is 173 Å². The van der Waals surface area contributed by atoms with Crippen molar-refractivity contribution in [2.24, 2.45) is 5.92 Å². The minimum absolute atomic E-state index is 0.0107. The SMILES string of the molecule is Oc1c(-c2n[nH]c(CC3CCCC3)n2)nc(N2CCCCOS2)c2cccnc12. The molecule has 5 rings (SSSR count). The van der Waals surface area contributed by atoms with Gasteiger partial charge in [0.05, 0.1) is 6.61 Å². The van der Waals surface area contributed by atoms with Crippen LogP contribution in [0.2, 0.25) is 0 Å². The highest BCUT2D eigenvalue weighted by atomic mass is 32.2. The number of aromatic nitrogens is 5. The van der Waals surface area contributed by atoms with E-state index in [0.717, 1.165) is 42.8 Å². The highest BCUT2D eigenvalue weighted by molar-refractivity contribution is 7.96. The molecule has 2 aliphatic rings. The fraction of sp³-hybridized carbons (Fsp3) is 0.500. The molecule has 0 spiro atoms. The molecule has 0 radical (unpaired) electrons. The second kappa shape index (κ2) is 8.16. The summed E-state index contributed by atoms with van der Waals surface area (Å²) in [5, 5.41) is 19.1. The number of pyridine rings is 2. The molecule has 152 valence electrons. The maximum Gasteiger partial charge on any atom is 0.203 e. The Bertz CT molecular complexity index is 996. The first-order valence-corrected chi connectivity index (χ1v) is 11.0. The van der Waals surface area contributed by atoms with Gasteiger partial charge in [0, 0.05) is 24.5 Å². The van der Waals surface area contributed by atoms with E-state index in [1.807, 2.05) is 16.4 Å². The van der Waals surface area contributed by atoms with Gasteiger partial charge in [0.15, 0.2) is 17.3 Å². The van der Waals surface area contributed by atoms with Gasteiger partial charge in [-0.05, 0) is 30.9 Å². The van der Waals surface area contributed by atoms with E-state index in [1.54, 1.807) is 6.20 Å². The predicted molar refractivity (Wildman–Crippen MR) is 112 cm³/mol. The standard InChI is InChI=1S/C20H24N6O2S/c27-18-16-14(8-5-9-21-16)20(26-10-3-4-11-28-29-26)23-17(18)19-22-15(24-25-19)12-13-6-1-2-7-13/h5,8-9,13,27H,1-4,6-7,10-12H2,(H,22,24,25). The van der Waals surface area contributed by atoms with Crippen molar-refractivity contribution >= 4 is 28.9 Å². The van der Waals surface area contributed by atoms with Crippen molar-refractivity contribution in [2.75, 3.05) is 17.5 Å². The summed E-state index contributed by atoms with van der Waals surface area (Å²) in [4.78, 5) is 13.8. The third-order valence-electron chi connectivity index (χ3n) is 5.63. The van der Waals surface area contributed by atoms with Crippen molar-refractivity contribution in [3.8, 4) is 17.3 Å². The largest absolute Gasteiger partial charge is 0.504 e. The van der Waals surface area contributed by atoms with E-state index < -0.39 is 0 Å². The van der Waals surface area contributed by atoms with Crippen LogP contribution in [-0.2, 0) is 10.6 Å². The van der Waals surface area contributed by atoms with Crippen LogP contribution < -0.4 is 4.31 Å². The molecule has 0 aromatic carbocycles. The summed E-state index contributed by atoms with van der Waals surface area (Å²) in [6, 6.07) is 3.77. The van der Waals surface area contributed by atoms with Crippen molar-refractivity contribution in [2.45, 2.75) is 44.9 Å². The number of aromatic hydroxyl groups is 1. The smallest absolute Gasteiger partial charge is 0.203 e. The van der Waals surface area contributed by atoms with Crippen LogP contribution in [0.25, 0.3) is 22.4 Å². The zero-order valence-corrected chi connectivity index (χ0v) is 17.0. The van der Waals surface area contributed by atoms with Gasteiger partial charge in [0.2, 0.25) is 5.82 Å². The summed E-state index contributed by atoms with van der Waals surface area (Å²) < 4.78 is 7.67. The zero-order chi connectivity index (χ0) is 19.6. The second-order valence-corrected chi connectivity index (χ2v) is 8.52. The lowest BCUT2D eigenvalue weighted by Crippen LogP contribution is -2.16. The molecule has 1 saturated heterocycles. The lowest BCUT2D eigenvalue weighted by atomic mass is 10.0. The third kappa shape index (κ3) is 3.76. The molecule has 8 nitrogen and oxygen atoms in total. The Morgan fingerprint density at radius 3 is 3.00 bits per heavy atom. The first-order valence-electron chi connectivity index (χ1n) is 10.3. The van der Waals surface area contributed by atoms with Crippen LogP contribution in [-0.4, -0.2) is 43.4 Å². The molecule has 0 unspecified atom stereocenters. The average Bonchev–Trinajstić information content (AvgIpc) is 3.35. The quantitative estimate of drug-likeness (QED) is 0.489. The van der Waals surface area contributed by atoms with Gasteiger partial charge in [-0.25, -0.2) is 9.97 Å². The molecule has 0 atom stereocenters. The Hall–Kier alpha value is -2.39. The van der Waals surface area contributed by atoms with E-state index in [1.165, 1.54) is 37.9 Å². The van der Waals surface area contributed by atoms with Gasteiger partial charge < -0.3 is 5.11 Å². The number of aromatic amines is 1. The maximum atomic E-state index is 10.9. The fourth-order valence-electron chi connectivity index (χ4n) is 4.13. The number of nitrogens with zero attached hydrogens (tertiary/aromatic N) is 5. The van der Waals surface area contributed by atoms with Crippen LogP contribution in [0.1, 0.15) is 44.3 Å². The van der Waals surface area contributed by atoms with Crippen molar-refractivity contribution in [3.05, 3.63) is 24.2 Å². The van der Waals surface area contributed by atoms with Gasteiger partial charge in [0.1, 0.15) is 23.6 Å². The van der Waals surface area contributed by atoms with E-state index in [9.17, 15) is 5.11 Å². The lowest BCUT2D eigenvalue weighted by Gasteiger charge is -2.21. The summed E-state index contributed by atoms with van der Waals surface area (Å²) >= 11 is 1.30. The van der Waals surface area contributed by atoms with E-state index in [0.29, 0.717) is 29.6 Å². The molecule has 3 aromatic heterocycles. The molecule has 1 saturated carbocycles. The van der Waals surface area contributed by atoms with Crippen LogP contribution >= 0.6 is 12.2 Å². The highest BCUT2D eigenvalue weighted by Gasteiger charge is 2.24. The van der Waals surface area contributed by atoms with Gasteiger partial charge in [0.25, 0.3) is 0 Å². The summed E-state index contributed by atoms with van der Waals surface area (Å²) in [5.41, 5.74) is 0.851. The van der Waals surface area contributed by atoms with E-state index in [2.05, 4.69) is 20.2 Å². The van der Waals surface area contributed by atoms with E-state index >= 15 is 0 Å². The lowest BCUT2D eigenvalue weighted by molar-refractivity contribution is 0.370. The number of rotatable bonds is 4. The maximum absolute atomic E-state index is 10.9. The highest BCUT2D eigenvalue weighted by Crippen LogP contribution is 2.39. The van der Waals surface area contributed by atoms with Crippen LogP contribution in [0.4, 0.5) is 5.82 Å². The van der Waals surface area contributed by atoms with Crippen LogP contribution in [0.15, 0.2) is 18.3 Å². The third-order valence-corrected chi connectivity index (χ3v) is 6.44. The van der Waals surface area contributed by atoms with E-state index in [-0.39, 0.29) is 5.75 Å². The van der Waals surface area contributed by atoms with Crippen LogP contribution in [0.5, 0.6) is 5.75 Å². The minimum atomic E-state index is 0.0107. The number of H-pyrrole nitrogens is 1. The van der Waals surface area contributed by atoms with E-state index in [4.69, 9.17) is 9.17 Å². The summed E-state index contributed by atoms with van der Waals surface area (Å²) in [7, 11) is 0. The summed E-state index contributed by atoms with van der Waals surface area (Å²) in [6.07, 6.45) is 9.67. The van der Waals surface area contributed by atoms with Gasteiger partial charge in [-0.2, -0.15) is 5.10 Å². The van der Waals surface area contributed by atoms with Crippen LogP contribution in [0, 0.1) is 5.92 Å². The first kappa shape index (κ1) is 18.6. The van der Waals surface area contributed by atoms with Gasteiger partial charge in [-0.3, -0.25) is 18.6 Å². The molecule has 1 aliphatic carbocycles. The Kier molecular flexibility index (Phi) is 5.24. The van der Waals surface area contributed by atoms with Crippen molar-refractivity contribution < 1.29 is 9.29 Å². The summed E-state index contributed by atoms with van der Waals surface area (Å²) in [6.45, 7) is 1.53. The second-order valence-electron chi connectivity index (χ2n) is 7.70. The number of anilines is 1. The normalized spacial score (nSPS) is 18.4. The average molecular weight is 413 g/mol. The molecule has 2 fully saturated rings. The monoisotopic (exact) mass is 412 g/mol. The predicted octanol–water partition coefficient (Wildman–Crippen LogP) is 4.03. The Morgan fingerprint density at radius 2 is 2.10 bits per heavy atom. The molecule has 1 aliphatic heterocycles. The molecule has 0 amide bonds. The molecule has 0 bridgehead atoms. The molecular formula is C20H24N6O2S. The number of nitrogens with one attached hydrogen (secondary N) is 1. The molecule has 3 aromatic rings. The number of fused-ring (bicyclic) bond motifs is 1. The van der Waals surface area contributed by atoms with Gasteiger partial charge in [-0.15, -0.1) is 0 Å². The van der Waals surface area contributed by atoms with Crippen molar-refractivity contribution in [1.29, 1.82) is 0 Å². The molecule has 2 N–H and O–H groups in total. The number of hydrogen-bond acceptors (Lipinski definition) is 8. The molecule has 4 heterocycles. The molecule has 9 heteroatoms. The Morgan fingerprint density at radius 1 is 1.21 bits per heavy atom. The number of hydrogen-bond donors (Lipinski definition) is 2. The van der Waals surface area contributed by atoms with Crippen LogP contribution in [0.3, 0.4) is 0 Å². The zero-order valence-electron chi connectivity index (χ0n) is 16.2. The first-order chi connectivity index (χ1) is 14.3.